The fourth-order valence-electron chi connectivity index (χ4n) is 4.48. The van der Waals surface area contributed by atoms with Crippen molar-refractivity contribution in [1.82, 2.24) is 4.90 Å². The molecule has 45 heavy (non-hydrogen) atoms. The number of benzene rings is 2. The van der Waals surface area contributed by atoms with Crippen molar-refractivity contribution in [3.05, 3.63) is 42.0 Å². The molecule has 2 amide bonds. The van der Waals surface area contributed by atoms with Crippen LogP contribution in [0.15, 0.2) is 36.4 Å². The summed E-state index contributed by atoms with van der Waals surface area (Å²) in [5.41, 5.74) is 1.00. The zero-order valence-corrected chi connectivity index (χ0v) is 27.0. The molecule has 0 aromatic heterocycles. The number of carbonyl (C=O) groups is 6. The Bertz CT molecular complexity index is 1330. The number of thiol groups is 1. The standard InChI is InChI=1S/C32H41NO11S/c1-21(17-31(38)44-27(19-42-23(3)35)20-43-32(39)45)16-30(37)41-15-6-5-10-29(36)33(22(2)34)14-13-25-9-7-8-24-11-12-26(40-4)18-28(24)25/h7-9,11-12,18,21,27H,5-6,10,13-17,19-20H2,1-4H3,(H,39,45). The van der Waals surface area contributed by atoms with E-state index in [9.17, 15) is 28.8 Å². The molecule has 0 fully saturated rings. The molecule has 2 unspecified atom stereocenters. The van der Waals surface area contributed by atoms with Crippen LogP contribution >= 0.6 is 12.6 Å². The minimum atomic E-state index is -1.01. The van der Waals surface area contributed by atoms with Crippen LogP contribution in [0.1, 0.15) is 58.4 Å². The Morgan fingerprint density at radius 2 is 1.60 bits per heavy atom. The highest BCUT2D eigenvalue weighted by Crippen LogP contribution is 2.25. The summed E-state index contributed by atoms with van der Waals surface area (Å²) in [7, 11) is 1.60. The van der Waals surface area contributed by atoms with E-state index in [1.807, 2.05) is 36.4 Å². The third-order valence-corrected chi connectivity index (χ3v) is 6.84. The Labute approximate surface area is 268 Å². The number of carbonyl (C=O) groups excluding carboxylic acids is 6. The number of rotatable bonds is 18. The molecule has 0 N–H and O–H groups in total. The van der Waals surface area contributed by atoms with Crippen molar-refractivity contribution >= 4 is 58.4 Å². The van der Waals surface area contributed by atoms with Gasteiger partial charge in [0.2, 0.25) is 11.8 Å². The lowest BCUT2D eigenvalue weighted by atomic mass is 10.0. The van der Waals surface area contributed by atoms with Crippen molar-refractivity contribution < 1.29 is 52.5 Å². The van der Waals surface area contributed by atoms with Crippen LogP contribution in [-0.2, 0) is 49.3 Å². The third-order valence-electron chi connectivity index (χ3n) is 6.71. The first-order valence-corrected chi connectivity index (χ1v) is 15.0. The number of fused-ring (bicyclic) bond motifs is 1. The molecule has 0 radical (unpaired) electrons. The Balaban J connectivity index is 1.73. The van der Waals surface area contributed by atoms with E-state index in [2.05, 4.69) is 12.6 Å². The van der Waals surface area contributed by atoms with Crippen molar-refractivity contribution in [2.45, 2.75) is 65.4 Å². The summed E-state index contributed by atoms with van der Waals surface area (Å²) in [5.74, 6) is -2.10. The molecule has 2 aromatic carbocycles. The summed E-state index contributed by atoms with van der Waals surface area (Å²) in [4.78, 5) is 72.8. The SMILES string of the molecule is COc1ccc2cccc(CCN(C(C)=O)C(=O)CCCCOC(=O)CC(C)CC(=O)OC(COC(C)=O)COC(=O)S)c2c1. The van der Waals surface area contributed by atoms with Crippen LogP contribution < -0.4 is 4.74 Å². The van der Waals surface area contributed by atoms with Crippen LogP contribution in [0.5, 0.6) is 5.75 Å². The molecular weight excluding hydrogens is 606 g/mol. The molecule has 2 atom stereocenters. The van der Waals surface area contributed by atoms with E-state index in [4.69, 9.17) is 23.7 Å². The quantitative estimate of drug-likeness (QED) is 0.106. The maximum atomic E-state index is 12.8. The molecule has 12 nitrogen and oxygen atoms in total. The van der Waals surface area contributed by atoms with Gasteiger partial charge in [0.05, 0.1) is 13.7 Å². The van der Waals surface area contributed by atoms with Crippen LogP contribution in [0.3, 0.4) is 0 Å². The fourth-order valence-corrected chi connectivity index (χ4v) is 4.55. The molecule has 0 heterocycles. The number of methoxy groups -OCH3 is 1. The minimum Gasteiger partial charge on any atom is -0.497 e. The van der Waals surface area contributed by atoms with Gasteiger partial charge in [0.15, 0.2) is 6.10 Å². The first-order chi connectivity index (χ1) is 21.4. The molecule has 0 aliphatic rings. The number of unbranched alkanes of at least 4 members (excludes halogenated alkanes) is 1. The van der Waals surface area contributed by atoms with E-state index in [0.29, 0.717) is 19.3 Å². The maximum Gasteiger partial charge on any atom is 0.364 e. The van der Waals surface area contributed by atoms with Crippen molar-refractivity contribution in [1.29, 1.82) is 0 Å². The molecular formula is C32H41NO11S. The molecule has 0 saturated carbocycles. The summed E-state index contributed by atoms with van der Waals surface area (Å²) in [6.45, 7) is 3.89. The first-order valence-electron chi connectivity index (χ1n) is 14.6. The van der Waals surface area contributed by atoms with Gasteiger partial charge in [-0.05, 0) is 53.6 Å². The molecule has 0 spiro atoms. The third kappa shape index (κ3) is 14.0. The van der Waals surface area contributed by atoms with E-state index >= 15 is 0 Å². The van der Waals surface area contributed by atoms with E-state index < -0.39 is 35.2 Å². The lowest BCUT2D eigenvalue weighted by Gasteiger charge is -2.20. The highest BCUT2D eigenvalue weighted by molar-refractivity contribution is 7.96. The van der Waals surface area contributed by atoms with Crippen LogP contribution in [0.4, 0.5) is 4.79 Å². The molecule has 246 valence electrons. The Hall–Kier alpha value is -4.13. The highest BCUT2D eigenvalue weighted by atomic mass is 32.1. The number of hydrogen-bond donors (Lipinski definition) is 1. The van der Waals surface area contributed by atoms with E-state index in [-0.39, 0.29) is 57.4 Å². The van der Waals surface area contributed by atoms with Gasteiger partial charge in [-0.1, -0.05) is 43.8 Å². The van der Waals surface area contributed by atoms with Crippen LogP contribution in [0, 0.1) is 5.92 Å². The highest BCUT2D eigenvalue weighted by Gasteiger charge is 2.22. The van der Waals surface area contributed by atoms with Gasteiger partial charge in [-0.3, -0.25) is 28.9 Å². The van der Waals surface area contributed by atoms with Crippen molar-refractivity contribution in [3.8, 4) is 5.75 Å². The van der Waals surface area contributed by atoms with Crippen molar-refractivity contribution in [2.75, 3.05) is 33.5 Å². The second kappa shape index (κ2) is 19.3. The van der Waals surface area contributed by atoms with Gasteiger partial charge >= 0.3 is 23.2 Å². The van der Waals surface area contributed by atoms with Gasteiger partial charge in [-0.2, -0.15) is 0 Å². The van der Waals surface area contributed by atoms with Crippen LogP contribution in [0.25, 0.3) is 10.8 Å². The summed E-state index contributed by atoms with van der Waals surface area (Å²) in [6, 6.07) is 11.7. The second-order valence-electron chi connectivity index (χ2n) is 10.5. The molecule has 0 aliphatic carbocycles. The summed E-state index contributed by atoms with van der Waals surface area (Å²) in [5, 5.41) is 1.16. The Kier molecular flexibility index (Phi) is 15.9. The van der Waals surface area contributed by atoms with Crippen LogP contribution in [-0.4, -0.2) is 79.5 Å². The lowest BCUT2D eigenvalue weighted by Crippen LogP contribution is -2.36. The molecule has 2 aromatic rings. The zero-order chi connectivity index (χ0) is 33.4. The minimum absolute atomic E-state index is 0.0492. The number of imide groups is 1. The number of esters is 3. The summed E-state index contributed by atoms with van der Waals surface area (Å²) < 4.78 is 25.3. The lowest BCUT2D eigenvalue weighted by molar-refractivity contribution is -0.161. The first kappa shape index (κ1) is 37.1. The summed E-state index contributed by atoms with van der Waals surface area (Å²) >= 11 is 3.47. The molecule has 13 heteroatoms. The van der Waals surface area contributed by atoms with Gasteiger partial charge in [-0.25, -0.2) is 4.79 Å². The average molecular weight is 648 g/mol. The largest absolute Gasteiger partial charge is 0.497 e. The predicted molar refractivity (Wildman–Crippen MR) is 167 cm³/mol. The molecule has 0 saturated heterocycles. The van der Waals surface area contributed by atoms with Crippen molar-refractivity contribution in [3.63, 3.8) is 0 Å². The summed E-state index contributed by atoms with van der Waals surface area (Å²) in [6.07, 6.45) is 0.276. The molecule has 0 bridgehead atoms. The fraction of sp³-hybridized carbons (Fsp3) is 0.500. The predicted octanol–water partition coefficient (Wildman–Crippen LogP) is 4.44. The number of amides is 2. The number of hydrogen-bond acceptors (Lipinski definition) is 11. The second-order valence-corrected chi connectivity index (χ2v) is 10.9. The Morgan fingerprint density at radius 3 is 2.27 bits per heavy atom. The van der Waals surface area contributed by atoms with Gasteiger partial charge in [0, 0.05) is 39.7 Å². The smallest absolute Gasteiger partial charge is 0.364 e. The van der Waals surface area contributed by atoms with Crippen LogP contribution in [0.2, 0.25) is 0 Å². The number of nitrogens with zero attached hydrogens (tertiary/aromatic N) is 1. The zero-order valence-electron chi connectivity index (χ0n) is 26.1. The number of ether oxygens (including phenoxy) is 5. The van der Waals surface area contributed by atoms with E-state index in [0.717, 1.165) is 22.1 Å². The monoisotopic (exact) mass is 647 g/mol. The van der Waals surface area contributed by atoms with Gasteiger partial charge in [-0.15, -0.1) is 0 Å². The normalized spacial score (nSPS) is 12.0. The van der Waals surface area contributed by atoms with Crippen molar-refractivity contribution in [2.24, 2.45) is 5.92 Å². The van der Waals surface area contributed by atoms with E-state index in [1.165, 1.54) is 18.7 Å². The average Bonchev–Trinajstić information content (AvgIpc) is 2.97. The molecule has 2 rings (SSSR count). The van der Waals surface area contributed by atoms with Gasteiger partial charge in [0.1, 0.15) is 19.0 Å². The van der Waals surface area contributed by atoms with E-state index in [1.54, 1.807) is 14.0 Å². The maximum absolute atomic E-state index is 12.8. The molecule has 0 aliphatic heterocycles. The Morgan fingerprint density at radius 1 is 0.889 bits per heavy atom. The van der Waals surface area contributed by atoms with Gasteiger partial charge in [0.25, 0.3) is 0 Å². The van der Waals surface area contributed by atoms with Gasteiger partial charge < -0.3 is 23.7 Å². The topological polar surface area (TPSA) is 152 Å².